The fraction of sp³-hybridized carbons (Fsp3) is 0.375. The molecule has 2 aromatic rings. The summed E-state index contributed by atoms with van der Waals surface area (Å²) in [7, 11) is -2.85. The second kappa shape index (κ2) is 7.99. The molecular formula is C16H19FN4O5S2. The molecule has 0 aliphatic carbocycles. The Kier molecular flexibility index (Phi) is 5.84. The third kappa shape index (κ3) is 4.41. The first-order valence-electron chi connectivity index (χ1n) is 8.32. The third-order valence-electron chi connectivity index (χ3n) is 4.38. The maximum absolute atomic E-state index is 13.9. The summed E-state index contributed by atoms with van der Waals surface area (Å²) in [4.78, 5) is 17.0. The maximum Gasteiger partial charge on any atom is 0.335 e. The van der Waals surface area contributed by atoms with Crippen LogP contribution in [0.2, 0.25) is 0 Å². The van der Waals surface area contributed by atoms with E-state index in [0.717, 1.165) is 21.7 Å². The van der Waals surface area contributed by atoms with Gasteiger partial charge in [0.25, 0.3) is 0 Å². The third-order valence-corrected chi connectivity index (χ3v) is 6.40. The van der Waals surface area contributed by atoms with Crippen LogP contribution in [0, 0.1) is 5.82 Å². The van der Waals surface area contributed by atoms with Crippen molar-refractivity contribution in [2.75, 3.05) is 31.2 Å². The number of hydrogen-bond donors (Lipinski definition) is 3. The van der Waals surface area contributed by atoms with E-state index in [1.165, 1.54) is 19.2 Å². The van der Waals surface area contributed by atoms with Gasteiger partial charge in [-0.3, -0.25) is 9.35 Å². The van der Waals surface area contributed by atoms with E-state index >= 15 is 0 Å². The van der Waals surface area contributed by atoms with E-state index in [9.17, 15) is 17.6 Å². The standard InChI is InChI=1S/C16H19FN4O5S2/c1-26-12-3-2-9(8-11(12)17)13(22)14-15(18)20-16(27-14)19-10-4-6-21(7-5-10)28(23,24)25/h2-3,8,10H,4-7,18H2,1H3,(H,19,20)(H,23,24,25). The van der Waals surface area contributed by atoms with Gasteiger partial charge in [0.05, 0.1) is 7.11 Å². The summed E-state index contributed by atoms with van der Waals surface area (Å²) < 4.78 is 51.0. The van der Waals surface area contributed by atoms with Crippen LogP contribution in [0.1, 0.15) is 28.1 Å². The number of nitrogens with one attached hydrogen (secondary N) is 1. The van der Waals surface area contributed by atoms with Gasteiger partial charge in [0.2, 0.25) is 5.78 Å². The number of carbonyl (C=O) groups is 1. The van der Waals surface area contributed by atoms with Crippen molar-refractivity contribution in [1.82, 2.24) is 9.29 Å². The van der Waals surface area contributed by atoms with Crippen molar-refractivity contribution in [2.45, 2.75) is 18.9 Å². The van der Waals surface area contributed by atoms with E-state index in [0.29, 0.717) is 18.0 Å². The lowest BCUT2D eigenvalue weighted by atomic mass is 10.1. The number of nitrogen functional groups attached to an aromatic ring is 1. The molecule has 0 amide bonds. The average Bonchev–Trinajstić information content (AvgIpc) is 3.00. The summed E-state index contributed by atoms with van der Waals surface area (Å²) in [6.07, 6.45) is 0.929. The van der Waals surface area contributed by atoms with Gasteiger partial charge in [-0.25, -0.2) is 9.37 Å². The Morgan fingerprint density at radius 2 is 2.11 bits per heavy atom. The number of anilines is 2. The summed E-state index contributed by atoms with van der Waals surface area (Å²) in [6, 6.07) is 3.81. The molecule has 0 saturated carbocycles. The first-order valence-corrected chi connectivity index (χ1v) is 10.5. The normalized spacial score (nSPS) is 16.1. The number of hydrogen-bond acceptors (Lipinski definition) is 8. The molecular weight excluding hydrogens is 411 g/mol. The molecule has 9 nitrogen and oxygen atoms in total. The molecule has 1 fully saturated rings. The lowest BCUT2D eigenvalue weighted by Gasteiger charge is -2.29. The molecule has 4 N–H and O–H groups in total. The van der Waals surface area contributed by atoms with E-state index in [4.69, 9.17) is 15.0 Å². The molecule has 28 heavy (non-hydrogen) atoms. The Balaban J connectivity index is 1.70. The zero-order chi connectivity index (χ0) is 20.5. The second-order valence-corrected chi connectivity index (χ2v) is 8.62. The number of methoxy groups -OCH3 is 1. The molecule has 3 rings (SSSR count). The molecule has 0 spiro atoms. The fourth-order valence-electron chi connectivity index (χ4n) is 2.90. The molecule has 12 heteroatoms. The van der Waals surface area contributed by atoms with Gasteiger partial charge in [-0.15, -0.1) is 0 Å². The van der Waals surface area contributed by atoms with Gasteiger partial charge in [-0.1, -0.05) is 11.3 Å². The van der Waals surface area contributed by atoms with E-state index in [1.807, 2.05) is 0 Å². The number of aromatic nitrogens is 1. The van der Waals surface area contributed by atoms with Crippen LogP contribution < -0.4 is 15.8 Å². The van der Waals surface area contributed by atoms with E-state index in [2.05, 4.69) is 10.3 Å². The topological polar surface area (TPSA) is 135 Å². The lowest BCUT2D eigenvalue weighted by Crippen LogP contribution is -2.42. The quantitative estimate of drug-likeness (QED) is 0.466. The summed E-state index contributed by atoms with van der Waals surface area (Å²) in [5.74, 6) is -1.04. The van der Waals surface area contributed by atoms with Gasteiger partial charge < -0.3 is 15.8 Å². The molecule has 0 bridgehead atoms. The van der Waals surface area contributed by atoms with Gasteiger partial charge in [-0.05, 0) is 31.0 Å². The van der Waals surface area contributed by atoms with Crippen LogP contribution in [0.25, 0.3) is 0 Å². The Morgan fingerprint density at radius 1 is 1.43 bits per heavy atom. The van der Waals surface area contributed by atoms with Crippen LogP contribution in [0.4, 0.5) is 15.3 Å². The van der Waals surface area contributed by atoms with Crippen LogP contribution >= 0.6 is 11.3 Å². The largest absolute Gasteiger partial charge is 0.494 e. The number of ether oxygens (including phenoxy) is 1. The highest BCUT2D eigenvalue weighted by atomic mass is 32.2. The SMILES string of the molecule is COc1ccc(C(=O)c2sc(NC3CCN(S(=O)(=O)O)CC3)nc2N)cc1F. The molecule has 2 heterocycles. The number of halogens is 1. The number of ketones is 1. The smallest absolute Gasteiger partial charge is 0.335 e. The van der Waals surface area contributed by atoms with Crippen molar-refractivity contribution >= 4 is 38.4 Å². The number of thiazole rings is 1. The number of carbonyl (C=O) groups excluding carboxylic acids is 1. The molecule has 1 aromatic heterocycles. The molecule has 1 aromatic carbocycles. The monoisotopic (exact) mass is 430 g/mol. The molecule has 1 aliphatic rings. The van der Waals surface area contributed by atoms with Crippen molar-refractivity contribution in [2.24, 2.45) is 0 Å². The van der Waals surface area contributed by atoms with Gasteiger partial charge in [0.1, 0.15) is 10.7 Å². The fourth-order valence-corrected chi connectivity index (χ4v) is 4.50. The zero-order valence-corrected chi connectivity index (χ0v) is 16.5. The van der Waals surface area contributed by atoms with Crippen LogP contribution in [0.5, 0.6) is 5.75 Å². The minimum Gasteiger partial charge on any atom is -0.494 e. The van der Waals surface area contributed by atoms with Crippen molar-refractivity contribution in [3.05, 3.63) is 34.5 Å². The first kappa shape index (κ1) is 20.5. The lowest BCUT2D eigenvalue weighted by molar-refractivity contribution is 0.104. The zero-order valence-electron chi connectivity index (χ0n) is 14.9. The van der Waals surface area contributed by atoms with Crippen molar-refractivity contribution in [3.8, 4) is 5.75 Å². The van der Waals surface area contributed by atoms with Crippen LogP contribution in [0.3, 0.4) is 0 Å². The Morgan fingerprint density at radius 3 is 2.68 bits per heavy atom. The minimum absolute atomic E-state index is 0.0316. The summed E-state index contributed by atoms with van der Waals surface area (Å²) in [5.41, 5.74) is 5.98. The van der Waals surface area contributed by atoms with Crippen LogP contribution in [-0.4, -0.2) is 54.3 Å². The highest BCUT2D eigenvalue weighted by molar-refractivity contribution is 7.83. The Labute approximate surface area is 165 Å². The number of benzene rings is 1. The van der Waals surface area contributed by atoms with Gasteiger partial charge in [0, 0.05) is 24.7 Å². The molecule has 0 atom stereocenters. The molecule has 1 saturated heterocycles. The molecule has 152 valence electrons. The first-order chi connectivity index (χ1) is 13.2. The number of piperidine rings is 1. The average molecular weight is 430 g/mol. The maximum atomic E-state index is 13.9. The van der Waals surface area contributed by atoms with E-state index in [-0.39, 0.29) is 41.1 Å². The second-order valence-electron chi connectivity index (χ2n) is 6.21. The van der Waals surface area contributed by atoms with Crippen LogP contribution in [-0.2, 0) is 10.3 Å². The van der Waals surface area contributed by atoms with Crippen molar-refractivity contribution < 1.29 is 26.9 Å². The summed E-state index contributed by atoms with van der Waals surface area (Å²) in [6.45, 7) is 0.350. The number of nitrogens with two attached hydrogens (primary N) is 1. The number of rotatable bonds is 6. The van der Waals surface area contributed by atoms with Crippen LogP contribution in [0.15, 0.2) is 18.2 Å². The number of nitrogens with zero attached hydrogens (tertiary/aromatic N) is 2. The van der Waals surface area contributed by atoms with Gasteiger partial charge in [-0.2, -0.15) is 12.7 Å². The predicted molar refractivity (Wildman–Crippen MR) is 103 cm³/mol. The highest BCUT2D eigenvalue weighted by Gasteiger charge is 2.27. The van der Waals surface area contributed by atoms with Gasteiger partial charge >= 0.3 is 10.3 Å². The van der Waals surface area contributed by atoms with Crippen molar-refractivity contribution in [3.63, 3.8) is 0 Å². The molecule has 0 radical (unpaired) electrons. The van der Waals surface area contributed by atoms with E-state index in [1.54, 1.807) is 0 Å². The van der Waals surface area contributed by atoms with Crippen molar-refractivity contribution in [1.29, 1.82) is 0 Å². The van der Waals surface area contributed by atoms with Gasteiger partial charge in [0.15, 0.2) is 16.7 Å². The van der Waals surface area contributed by atoms with E-state index < -0.39 is 21.9 Å². The Bertz CT molecular complexity index is 987. The minimum atomic E-state index is -4.19. The molecule has 1 aliphatic heterocycles. The predicted octanol–water partition coefficient (Wildman–Crippen LogP) is 1.78. The Hall–Kier alpha value is -2.28. The summed E-state index contributed by atoms with van der Waals surface area (Å²) in [5, 5.41) is 3.54. The molecule has 0 unspecified atom stereocenters. The summed E-state index contributed by atoms with van der Waals surface area (Å²) >= 11 is 1.05. The highest BCUT2D eigenvalue weighted by Crippen LogP contribution is 2.30.